The second-order valence-corrected chi connectivity index (χ2v) is 7.47. The zero-order valence-corrected chi connectivity index (χ0v) is 18.9. The first-order chi connectivity index (χ1) is 16.1. The Balaban J connectivity index is 1.52. The van der Waals surface area contributed by atoms with Crippen LogP contribution in [0.4, 0.5) is 5.69 Å². The van der Waals surface area contributed by atoms with Crippen molar-refractivity contribution in [1.82, 2.24) is 10.6 Å². The zero-order chi connectivity index (χ0) is 23.5. The number of nitrogens with one attached hydrogen (secondary N) is 3. The van der Waals surface area contributed by atoms with Crippen molar-refractivity contribution in [3.05, 3.63) is 108 Å². The number of benzene rings is 3. The molecule has 0 heterocycles. The van der Waals surface area contributed by atoms with Crippen LogP contribution in [0.2, 0.25) is 0 Å². The number of ether oxygens (including phenoxy) is 1. The lowest BCUT2D eigenvalue weighted by Crippen LogP contribution is -2.35. The van der Waals surface area contributed by atoms with E-state index in [9.17, 15) is 9.59 Å². The molecule has 3 aromatic carbocycles. The van der Waals surface area contributed by atoms with Crippen molar-refractivity contribution in [3.8, 4) is 5.75 Å². The van der Waals surface area contributed by atoms with Gasteiger partial charge in [-0.25, -0.2) is 0 Å². The van der Waals surface area contributed by atoms with E-state index in [4.69, 9.17) is 17.0 Å². The molecular weight excluding hydrogens is 434 g/mol. The Morgan fingerprint density at radius 1 is 0.909 bits per heavy atom. The Bertz CT molecular complexity index is 1120. The van der Waals surface area contributed by atoms with E-state index in [1.54, 1.807) is 54.6 Å². The molecule has 0 radical (unpaired) electrons. The number of carbonyl (C=O) groups excluding carboxylic acids is 2. The highest BCUT2D eigenvalue weighted by Gasteiger charge is 2.13. The first kappa shape index (κ1) is 23.7. The number of thiocarbonyl (C=S) groups is 1. The van der Waals surface area contributed by atoms with Gasteiger partial charge in [0.1, 0.15) is 5.75 Å². The summed E-state index contributed by atoms with van der Waals surface area (Å²) in [5.74, 6) is 0.0505. The van der Waals surface area contributed by atoms with Gasteiger partial charge < -0.3 is 15.4 Å². The lowest BCUT2D eigenvalue weighted by Gasteiger charge is -2.13. The average molecular weight is 460 g/mol. The molecule has 0 fully saturated rings. The first-order valence-electron chi connectivity index (χ1n) is 10.4. The van der Waals surface area contributed by atoms with Crippen LogP contribution in [0.5, 0.6) is 5.75 Å². The molecule has 0 saturated heterocycles. The molecule has 0 unspecified atom stereocenters. The van der Waals surface area contributed by atoms with Crippen LogP contribution in [0.25, 0.3) is 0 Å². The molecule has 168 valence electrons. The van der Waals surface area contributed by atoms with E-state index >= 15 is 0 Å². The molecule has 3 N–H and O–H groups in total. The highest BCUT2D eigenvalue weighted by atomic mass is 32.1. The Morgan fingerprint density at radius 2 is 1.61 bits per heavy atom. The maximum absolute atomic E-state index is 12.5. The molecule has 0 aromatic heterocycles. The second kappa shape index (κ2) is 12.2. The van der Waals surface area contributed by atoms with Crippen LogP contribution in [0.15, 0.2) is 91.5 Å². The van der Waals surface area contributed by atoms with Crippen molar-refractivity contribution < 1.29 is 14.3 Å². The number of amides is 2. The van der Waals surface area contributed by atoms with Gasteiger partial charge in [0.05, 0.1) is 17.9 Å². The molecular formula is C26H25N3O3S. The average Bonchev–Trinajstić information content (AvgIpc) is 2.84. The van der Waals surface area contributed by atoms with Crippen LogP contribution < -0.4 is 20.7 Å². The fourth-order valence-corrected chi connectivity index (χ4v) is 3.22. The lowest BCUT2D eigenvalue weighted by atomic mass is 10.1. The van der Waals surface area contributed by atoms with Crippen LogP contribution >= 0.6 is 12.2 Å². The fraction of sp³-hybridized carbons (Fsp3) is 0.115. The molecule has 3 aromatic rings. The molecule has 3 rings (SSSR count). The summed E-state index contributed by atoms with van der Waals surface area (Å²) in [6.45, 7) is 4.48. The summed E-state index contributed by atoms with van der Waals surface area (Å²) < 4.78 is 5.75. The number of para-hydroxylation sites is 1. The van der Waals surface area contributed by atoms with Crippen molar-refractivity contribution in [2.45, 2.75) is 6.42 Å². The van der Waals surface area contributed by atoms with E-state index in [0.29, 0.717) is 35.7 Å². The summed E-state index contributed by atoms with van der Waals surface area (Å²) in [6.07, 6.45) is 2.40. The van der Waals surface area contributed by atoms with Crippen LogP contribution in [-0.4, -0.2) is 30.1 Å². The van der Waals surface area contributed by atoms with Gasteiger partial charge >= 0.3 is 0 Å². The maximum atomic E-state index is 12.5. The van der Waals surface area contributed by atoms with Gasteiger partial charge in [-0.3, -0.25) is 14.9 Å². The number of rotatable bonds is 9. The third kappa shape index (κ3) is 7.29. The Morgan fingerprint density at radius 3 is 2.33 bits per heavy atom. The molecule has 7 heteroatoms. The van der Waals surface area contributed by atoms with Gasteiger partial charge in [0.15, 0.2) is 5.11 Å². The predicted octanol–water partition coefficient (Wildman–Crippen LogP) is 4.35. The summed E-state index contributed by atoms with van der Waals surface area (Å²) in [6, 6.07) is 23.8. The van der Waals surface area contributed by atoms with Gasteiger partial charge in [-0.1, -0.05) is 48.5 Å². The topological polar surface area (TPSA) is 79.5 Å². The van der Waals surface area contributed by atoms with Crippen LogP contribution in [0.3, 0.4) is 0 Å². The maximum Gasteiger partial charge on any atom is 0.257 e. The summed E-state index contributed by atoms with van der Waals surface area (Å²) >= 11 is 5.26. The summed E-state index contributed by atoms with van der Waals surface area (Å²) in [4.78, 5) is 24.8. The van der Waals surface area contributed by atoms with Crippen molar-refractivity contribution in [2.24, 2.45) is 0 Å². The molecule has 0 aliphatic carbocycles. The molecule has 0 aliphatic heterocycles. The van der Waals surface area contributed by atoms with E-state index in [1.807, 2.05) is 18.2 Å². The highest BCUT2D eigenvalue weighted by Crippen LogP contribution is 2.16. The minimum Gasteiger partial charge on any atom is -0.493 e. The van der Waals surface area contributed by atoms with Gasteiger partial charge in [-0.15, -0.1) is 6.58 Å². The third-order valence-corrected chi connectivity index (χ3v) is 4.88. The summed E-state index contributed by atoms with van der Waals surface area (Å²) in [5, 5.41) is 8.35. The van der Waals surface area contributed by atoms with Crippen molar-refractivity contribution >= 4 is 34.8 Å². The number of hydrogen-bond acceptors (Lipinski definition) is 4. The van der Waals surface area contributed by atoms with E-state index in [2.05, 4.69) is 34.7 Å². The molecule has 2 amide bonds. The van der Waals surface area contributed by atoms with Gasteiger partial charge in [0, 0.05) is 18.5 Å². The third-order valence-electron chi connectivity index (χ3n) is 4.67. The largest absolute Gasteiger partial charge is 0.493 e. The molecule has 33 heavy (non-hydrogen) atoms. The number of carbonyl (C=O) groups is 2. The molecule has 0 saturated carbocycles. The van der Waals surface area contributed by atoms with Gasteiger partial charge in [0.25, 0.3) is 11.8 Å². The predicted molar refractivity (Wildman–Crippen MR) is 135 cm³/mol. The zero-order valence-electron chi connectivity index (χ0n) is 18.0. The van der Waals surface area contributed by atoms with Crippen molar-refractivity contribution in [2.75, 3.05) is 18.5 Å². The Labute approximate surface area is 198 Å². The standard InChI is InChI=1S/C26H25N3O3S/c1-2-17-27-25(31)22-10-6-7-11-23(22)28-26(33)29-24(30)20-12-14-21(15-13-20)32-18-16-19-8-4-3-5-9-19/h2-15H,1,16-18H2,(H,27,31)(H2,28,29,30,33). The van der Waals surface area contributed by atoms with Crippen LogP contribution in [-0.2, 0) is 6.42 Å². The van der Waals surface area contributed by atoms with E-state index in [1.165, 1.54) is 5.56 Å². The quantitative estimate of drug-likeness (QED) is 0.328. The minimum atomic E-state index is -0.364. The molecule has 6 nitrogen and oxygen atoms in total. The molecule has 0 bridgehead atoms. The highest BCUT2D eigenvalue weighted by molar-refractivity contribution is 7.80. The van der Waals surface area contributed by atoms with E-state index in [0.717, 1.165) is 6.42 Å². The lowest BCUT2D eigenvalue weighted by molar-refractivity contribution is 0.0956. The van der Waals surface area contributed by atoms with Gasteiger partial charge in [0.2, 0.25) is 0 Å². The normalized spacial score (nSPS) is 10.1. The first-order valence-corrected chi connectivity index (χ1v) is 10.8. The van der Waals surface area contributed by atoms with E-state index < -0.39 is 0 Å². The monoisotopic (exact) mass is 459 g/mol. The number of hydrogen-bond donors (Lipinski definition) is 3. The fourth-order valence-electron chi connectivity index (χ4n) is 3.01. The molecule has 0 atom stereocenters. The van der Waals surface area contributed by atoms with Crippen molar-refractivity contribution in [3.63, 3.8) is 0 Å². The van der Waals surface area contributed by atoms with E-state index in [-0.39, 0.29) is 16.9 Å². The van der Waals surface area contributed by atoms with Crippen LogP contribution in [0.1, 0.15) is 26.3 Å². The SMILES string of the molecule is C=CCNC(=O)c1ccccc1NC(=S)NC(=O)c1ccc(OCCc2ccccc2)cc1. The summed E-state index contributed by atoms with van der Waals surface area (Å²) in [5.41, 5.74) is 2.54. The van der Waals surface area contributed by atoms with Gasteiger partial charge in [-0.05, 0) is 54.2 Å². The second-order valence-electron chi connectivity index (χ2n) is 7.06. The molecule has 0 aliphatic rings. The minimum absolute atomic E-state index is 0.0900. The Kier molecular flexibility index (Phi) is 8.73. The molecule has 0 spiro atoms. The Hall–Kier alpha value is -3.97. The van der Waals surface area contributed by atoms with Crippen molar-refractivity contribution in [1.29, 1.82) is 0 Å². The summed E-state index contributed by atoms with van der Waals surface area (Å²) in [7, 11) is 0. The smallest absolute Gasteiger partial charge is 0.257 e. The van der Waals surface area contributed by atoms with Gasteiger partial charge in [-0.2, -0.15) is 0 Å². The number of anilines is 1. The van der Waals surface area contributed by atoms with Crippen LogP contribution in [0, 0.1) is 0 Å².